The van der Waals surface area contributed by atoms with Gasteiger partial charge in [0.05, 0.1) is 0 Å². The summed E-state index contributed by atoms with van der Waals surface area (Å²) in [6.45, 7) is 6.02. The first-order chi connectivity index (χ1) is 12.5. The van der Waals surface area contributed by atoms with Crippen LogP contribution in [-0.2, 0) is 17.8 Å². The van der Waals surface area contributed by atoms with Gasteiger partial charge in [0.2, 0.25) is 5.91 Å². The predicted octanol–water partition coefficient (Wildman–Crippen LogP) is 2.59. The molecule has 0 radical (unpaired) electrons. The summed E-state index contributed by atoms with van der Waals surface area (Å²) in [5.41, 5.74) is 1.88. The lowest BCUT2D eigenvalue weighted by atomic mass is 10.1. The van der Waals surface area contributed by atoms with Gasteiger partial charge in [0.15, 0.2) is 5.65 Å². The lowest BCUT2D eigenvalue weighted by Crippen LogP contribution is -2.28. The third-order valence-electron chi connectivity index (χ3n) is 3.71. The molecule has 0 fully saturated rings. The molecule has 0 aliphatic carbocycles. The molecule has 2 heterocycles. The molecule has 0 spiro atoms. The number of rotatable bonds is 6. The number of thioether (sulfide) groups is 1. The van der Waals surface area contributed by atoms with Gasteiger partial charge >= 0.3 is 5.69 Å². The summed E-state index contributed by atoms with van der Waals surface area (Å²) in [4.78, 5) is 24.7. The second kappa shape index (κ2) is 7.74. The van der Waals surface area contributed by atoms with Gasteiger partial charge < -0.3 is 5.32 Å². The van der Waals surface area contributed by atoms with Gasteiger partial charge in [-0.3, -0.25) is 4.79 Å². The predicted molar refractivity (Wildman–Crippen MR) is 103 cm³/mol. The Kier molecular flexibility index (Phi) is 5.41. The Balaban J connectivity index is 1.76. The minimum atomic E-state index is -0.428. The number of hydrogen-bond acceptors (Lipinski definition) is 5. The Morgan fingerprint density at radius 1 is 1.15 bits per heavy atom. The van der Waals surface area contributed by atoms with Crippen molar-refractivity contribution in [1.29, 1.82) is 0 Å². The summed E-state index contributed by atoms with van der Waals surface area (Å²) < 4.78 is 2.36. The summed E-state index contributed by atoms with van der Waals surface area (Å²) in [6, 6.07) is 11.2. The maximum Gasteiger partial charge on any atom is 0.367 e. The summed E-state index contributed by atoms with van der Waals surface area (Å²) in [5, 5.41) is 12.4. The zero-order chi connectivity index (χ0) is 18.7. The molecule has 0 saturated carbocycles. The Hall–Kier alpha value is -2.61. The molecule has 26 heavy (non-hydrogen) atoms. The van der Waals surface area contributed by atoms with Crippen LogP contribution >= 0.6 is 11.8 Å². The number of aromatic nitrogens is 4. The average molecular weight is 371 g/mol. The van der Waals surface area contributed by atoms with E-state index in [2.05, 4.69) is 36.3 Å². The van der Waals surface area contributed by atoms with Gasteiger partial charge in [-0.2, -0.15) is 9.61 Å². The molecule has 3 aromatic rings. The first kappa shape index (κ1) is 18.2. The Morgan fingerprint density at radius 3 is 2.54 bits per heavy atom. The Morgan fingerprint density at radius 2 is 1.88 bits per heavy atom. The molecule has 7 nitrogen and oxygen atoms in total. The van der Waals surface area contributed by atoms with Gasteiger partial charge in [0, 0.05) is 10.9 Å². The normalized spacial score (nSPS) is 11.2. The highest BCUT2D eigenvalue weighted by Gasteiger charge is 2.13. The van der Waals surface area contributed by atoms with E-state index >= 15 is 0 Å². The number of aryl methyl sites for hydroxylation is 1. The standard InChI is InChI=1S/C18H21N5O2S/c1-4-13-5-7-14(8-6-13)19-16(24)11-22-18(25)23-15(20-22)9-10-17(21-23)26-12(2)3/h5-10,12H,4,11H2,1-3H3,(H,19,24). The van der Waals surface area contributed by atoms with Gasteiger partial charge in [-0.25, -0.2) is 9.48 Å². The van der Waals surface area contributed by atoms with Crippen molar-refractivity contribution in [2.24, 2.45) is 0 Å². The van der Waals surface area contributed by atoms with E-state index in [0.717, 1.165) is 16.1 Å². The topological polar surface area (TPSA) is 81.3 Å². The zero-order valence-corrected chi connectivity index (χ0v) is 15.8. The second-order valence-electron chi connectivity index (χ2n) is 6.15. The fourth-order valence-corrected chi connectivity index (χ4v) is 3.22. The number of nitrogens with one attached hydrogen (secondary N) is 1. The number of carbonyl (C=O) groups is 1. The number of carbonyl (C=O) groups excluding carboxylic acids is 1. The molecular weight excluding hydrogens is 350 g/mol. The van der Waals surface area contributed by atoms with E-state index < -0.39 is 5.69 Å². The van der Waals surface area contributed by atoms with Gasteiger partial charge in [-0.05, 0) is 36.2 Å². The average Bonchev–Trinajstić information content (AvgIpc) is 2.91. The van der Waals surface area contributed by atoms with E-state index in [1.54, 1.807) is 17.8 Å². The van der Waals surface area contributed by atoms with E-state index in [1.165, 1.54) is 10.1 Å². The SMILES string of the molecule is CCc1ccc(NC(=O)Cn2nc3ccc(SC(C)C)nn3c2=O)cc1. The summed E-state index contributed by atoms with van der Waals surface area (Å²) in [5.74, 6) is -0.309. The van der Waals surface area contributed by atoms with Crippen LogP contribution in [0.15, 0.2) is 46.2 Å². The van der Waals surface area contributed by atoms with Crippen molar-refractivity contribution in [3.63, 3.8) is 0 Å². The maximum atomic E-state index is 12.4. The fourth-order valence-electron chi connectivity index (χ4n) is 2.46. The molecule has 1 amide bonds. The third-order valence-corrected chi connectivity index (χ3v) is 4.64. The molecule has 0 unspecified atom stereocenters. The maximum absolute atomic E-state index is 12.4. The van der Waals surface area contributed by atoms with Crippen LogP contribution in [0.25, 0.3) is 5.65 Å². The van der Waals surface area contributed by atoms with Crippen molar-refractivity contribution in [2.75, 3.05) is 5.32 Å². The van der Waals surface area contributed by atoms with Crippen molar-refractivity contribution in [3.8, 4) is 0 Å². The number of fused-ring (bicyclic) bond motifs is 1. The minimum absolute atomic E-state index is 0.162. The lowest BCUT2D eigenvalue weighted by Gasteiger charge is -2.05. The number of nitrogens with zero attached hydrogens (tertiary/aromatic N) is 4. The quantitative estimate of drug-likeness (QED) is 0.674. The third kappa shape index (κ3) is 4.13. The highest BCUT2D eigenvalue weighted by atomic mass is 32.2. The van der Waals surface area contributed by atoms with Crippen LogP contribution in [0.1, 0.15) is 26.3 Å². The van der Waals surface area contributed by atoms with Crippen molar-refractivity contribution in [2.45, 2.75) is 44.0 Å². The molecular formula is C18H21N5O2S. The van der Waals surface area contributed by atoms with E-state index in [4.69, 9.17) is 0 Å². The van der Waals surface area contributed by atoms with Crippen LogP contribution < -0.4 is 11.0 Å². The van der Waals surface area contributed by atoms with E-state index in [0.29, 0.717) is 16.6 Å². The molecule has 0 atom stereocenters. The molecule has 0 bridgehead atoms. The molecule has 1 N–H and O–H groups in total. The highest BCUT2D eigenvalue weighted by Crippen LogP contribution is 2.19. The van der Waals surface area contributed by atoms with Crippen LogP contribution in [0.2, 0.25) is 0 Å². The molecule has 8 heteroatoms. The smallest absolute Gasteiger partial charge is 0.324 e. The van der Waals surface area contributed by atoms with Crippen molar-refractivity contribution >= 4 is 29.0 Å². The first-order valence-electron chi connectivity index (χ1n) is 8.48. The van der Waals surface area contributed by atoms with Gasteiger partial charge in [-0.15, -0.1) is 16.9 Å². The van der Waals surface area contributed by atoms with E-state index in [1.807, 2.05) is 30.3 Å². The van der Waals surface area contributed by atoms with Crippen LogP contribution in [0, 0.1) is 0 Å². The van der Waals surface area contributed by atoms with E-state index in [9.17, 15) is 9.59 Å². The van der Waals surface area contributed by atoms with Gasteiger partial charge in [0.25, 0.3) is 0 Å². The fraction of sp³-hybridized carbons (Fsp3) is 0.333. The minimum Gasteiger partial charge on any atom is -0.324 e. The molecule has 0 aliphatic heterocycles. The van der Waals surface area contributed by atoms with Crippen LogP contribution in [0.5, 0.6) is 0 Å². The largest absolute Gasteiger partial charge is 0.367 e. The molecule has 1 aromatic carbocycles. The van der Waals surface area contributed by atoms with Crippen molar-refractivity contribution < 1.29 is 4.79 Å². The van der Waals surface area contributed by atoms with Crippen LogP contribution in [-0.4, -0.2) is 30.6 Å². The first-order valence-corrected chi connectivity index (χ1v) is 9.36. The van der Waals surface area contributed by atoms with Crippen LogP contribution in [0.4, 0.5) is 5.69 Å². The van der Waals surface area contributed by atoms with Crippen molar-refractivity contribution in [1.82, 2.24) is 19.4 Å². The van der Waals surface area contributed by atoms with Crippen molar-refractivity contribution in [3.05, 3.63) is 52.4 Å². The monoisotopic (exact) mass is 371 g/mol. The lowest BCUT2D eigenvalue weighted by molar-refractivity contribution is -0.117. The number of benzene rings is 1. The number of amides is 1. The Labute approximate surface area is 155 Å². The number of anilines is 1. The molecule has 3 rings (SSSR count). The molecule has 136 valence electrons. The summed E-state index contributed by atoms with van der Waals surface area (Å²) >= 11 is 1.56. The highest BCUT2D eigenvalue weighted by molar-refractivity contribution is 7.99. The zero-order valence-electron chi connectivity index (χ0n) is 15.0. The molecule has 0 aliphatic rings. The number of hydrogen-bond donors (Lipinski definition) is 1. The van der Waals surface area contributed by atoms with E-state index in [-0.39, 0.29) is 12.5 Å². The van der Waals surface area contributed by atoms with Gasteiger partial charge in [0.1, 0.15) is 11.6 Å². The Bertz CT molecular complexity index is 975. The van der Waals surface area contributed by atoms with Crippen LogP contribution in [0.3, 0.4) is 0 Å². The molecule has 2 aromatic heterocycles. The summed E-state index contributed by atoms with van der Waals surface area (Å²) in [6.07, 6.45) is 0.939. The summed E-state index contributed by atoms with van der Waals surface area (Å²) in [7, 11) is 0. The molecule has 0 saturated heterocycles. The van der Waals surface area contributed by atoms with Gasteiger partial charge in [-0.1, -0.05) is 32.9 Å². The second-order valence-corrected chi connectivity index (χ2v) is 7.74.